The van der Waals surface area contributed by atoms with Gasteiger partial charge in [-0.05, 0) is 25.2 Å². The maximum atomic E-state index is 12.3. The summed E-state index contributed by atoms with van der Waals surface area (Å²) in [4.78, 5) is 13.1. The molecule has 1 rings (SSSR count). The van der Waals surface area contributed by atoms with E-state index < -0.39 is 18.2 Å². The van der Waals surface area contributed by atoms with E-state index in [4.69, 9.17) is 5.11 Å². The Bertz CT molecular complexity index is 260. The second-order valence-electron chi connectivity index (χ2n) is 4.45. The molecule has 1 atom stereocenters. The molecular weight excluding hydrogens is 235 g/mol. The van der Waals surface area contributed by atoms with Gasteiger partial charge in [0.25, 0.3) is 0 Å². The first kappa shape index (κ1) is 14.3. The van der Waals surface area contributed by atoms with E-state index in [2.05, 4.69) is 0 Å². The Morgan fingerprint density at radius 1 is 1.41 bits per heavy atom. The lowest BCUT2D eigenvalue weighted by Gasteiger charge is -2.34. The predicted molar refractivity (Wildman–Crippen MR) is 56.3 cm³/mol. The fraction of sp³-hybridized carbons (Fsp3) is 0.909. The number of piperidine rings is 1. The van der Waals surface area contributed by atoms with Crippen LogP contribution in [-0.2, 0) is 4.79 Å². The van der Waals surface area contributed by atoms with E-state index in [0.717, 1.165) is 6.42 Å². The zero-order valence-electron chi connectivity index (χ0n) is 9.83. The molecule has 1 heterocycles. The second kappa shape index (κ2) is 5.71. The van der Waals surface area contributed by atoms with E-state index in [-0.39, 0.29) is 18.7 Å². The van der Waals surface area contributed by atoms with Gasteiger partial charge < -0.3 is 10.0 Å². The Morgan fingerprint density at radius 2 is 1.94 bits per heavy atom. The molecule has 0 aromatic heterocycles. The Hall–Kier alpha value is -0.780. The normalized spacial score (nSPS) is 20.4. The molecule has 0 radical (unpaired) electrons. The summed E-state index contributed by atoms with van der Waals surface area (Å²) < 4.78 is 36.8. The quantitative estimate of drug-likeness (QED) is 0.835. The van der Waals surface area contributed by atoms with E-state index in [0.29, 0.717) is 19.5 Å². The molecule has 0 aromatic rings. The van der Waals surface area contributed by atoms with Crippen LogP contribution in [0.1, 0.15) is 32.6 Å². The number of likely N-dealkylation sites (tertiary alicyclic amines) is 1. The predicted octanol–water partition coefficient (Wildman–Crippen LogP) is 1.95. The standard InChI is InChI=1S/C11H18F3NO2/c1-2-3-9(16)15-6-4-8(5-7-15)10(17)11(12,13)14/h8,10,17H,2-7H2,1H3. The number of alkyl halides is 3. The summed E-state index contributed by atoms with van der Waals surface area (Å²) in [7, 11) is 0. The molecule has 0 saturated carbocycles. The number of hydrogen-bond donors (Lipinski definition) is 1. The topological polar surface area (TPSA) is 40.5 Å². The highest BCUT2D eigenvalue weighted by molar-refractivity contribution is 5.76. The van der Waals surface area contributed by atoms with Gasteiger partial charge in [-0.3, -0.25) is 4.79 Å². The fourth-order valence-corrected chi connectivity index (χ4v) is 2.10. The van der Waals surface area contributed by atoms with Crippen LogP contribution in [-0.4, -0.2) is 41.3 Å². The number of hydrogen-bond acceptors (Lipinski definition) is 2. The number of nitrogens with zero attached hydrogens (tertiary/aromatic N) is 1. The zero-order chi connectivity index (χ0) is 13.1. The van der Waals surface area contributed by atoms with Crippen molar-refractivity contribution >= 4 is 5.91 Å². The number of aliphatic hydroxyl groups excluding tert-OH is 1. The zero-order valence-corrected chi connectivity index (χ0v) is 9.83. The molecule has 0 aliphatic carbocycles. The molecule has 6 heteroatoms. The molecule has 1 amide bonds. The number of rotatable bonds is 3. The van der Waals surface area contributed by atoms with Gasteiger partial charge in [-0.2, -0.15) is 13.2 Å². The van der Waals surface area contributed by atoms with Crippen LogP contribution in [0.4, 0.5) is 13.2 Å². The van der Waals surface area contributed by atoms with Gasteiger partial charge in [-0.1, -0.05) is 6.92 Å². The molecule has 17 heavy (non-hydrogen) atoms. The van der Waals surface area contributed by atoms with Crippen LogP contribution in [0.15, 0.2) is 0 Å². The minimum atomic E-state index is -4.56. The van der Waals surface area contributed by atoms with Crippen molar-refractivity contribution in [3.05, 3.63) is 0 Å². The van der Waals surface area contributed by atoms with Crippen molar-refractivity contribution in [3.8, 4) is 0 Å². The van der Waals surface area contributed by atoms with E-state index >= 15 is 0 Å². The number of halogens is 3. The summed E-state index contributed by atoms with van der Waals surface area (Å²) in [6.45, 7) is 2.52. The van der Waals surface area contributed by atoms with Crippen molar-refractivity contribution < 1.29 is 23.1 Å². The molecule has 0 spiro atoms. The van der Waals surface area contributed by atoms with Crippen LogP contribution in [0.25, 0.3) is 0 Å². The molecule has 1 fully saturated rings. The van der Waals surface area contributed by atoms with Gasteiger partial charge >= 0.3 is 6.18 Å². The van der Waals surface area contributed by atoms with Crippen molar-refractivity contribution in [1.82, 2.24) is 4.90 Å². The molecule has 1 aliphatic rings. The van der Waals surface area contributed by atoms with Crippen LogP contribution < -0.4 is 0 Å². The van der Waals surface area contributed by atoms with Gasteiger partial charge in [0, 0.05) is 19.5 Å². The van der Waals surface area contributed by atoms with E-state index in [1.54, 1.807) is 4.90 Å². The molecule has 0 aromatic carbocycles. The first-order chi connectivity index (χ1) is 7.86. The summed E-state index contributed by atoms with van der Waals surface area (Å²) in [5.41, 5.74) is 0. The number of aliphatic hydroxyl groups is 1. The van der Waals surface area contributed by atoms with Crippen molar-refractivity contribution in [2.24, 2.45) is 5.92 Å². The lowest BCUT2D eigenvalue weighted by atomic mass is 9.90. The van der Waals surface area contributed by atoms with Gasteiger partial charge in [-0.15, -0.1) is 0 Å². The average molecular weight is 253 g/mol. The molecule has 1 N–H and O–H groups in total. The minimum Gasteiger partial charge on any atom is -0.383 e. The van der Waals surface area contributed by atoms with Crippen LogP contribution in [0, 0.1) is 5.92 Å². The monoisotopic (exact) mass is 253 g/mol. The number of carbonyl (C=O) groups is 1. The highest BCUT2D eigenvalue weighted by Gasteiger charge is 2.44. The van der Waals surface area contributed by atoms with Gasteiger partial charge in [-0.25, -0.2) is 0 Å². The molecule has 1 saturated heterocycles. The van der Waals surface area contributed by atoms with Crippen LogP contribution in [0.5, 0.6) is 0 Å². The third-order valence-corrected chi connectivity index (χ3v) is 3.14. The van der Waals surface area contributed by atoms with Crippen LogP contribution in [0.2, 0.25) is 0 Å². The Balaban J connectivity index is 2.43. The molecular formula is C11H18F3NO2. The third kappa shape index (κ3) is 3.87. The third-order valence-electron chi connectivity index (χ3n) is 3.14. The Labute approximate surface area is 98.6 Å². The Morgan fingerprint density at radius 3 is 2.35 bits per heavy atom. The first-order valence-corrected chi connectivity index (χ1v) is 5.88. The highest BCUT2D eigenvalue weighted by Crippen LogP contribution is 2.31. The van der Waals surface area contributed by atoms with E-state index in [1.807, 2.05) is 6.92 Å². The van der Waals surface area contributed by atoms with Gasteiger partial charge in [0.15, 0.2) is 6.10 Å². The fourth-order valence-electron chi connectivity index (χ4n) is 2.10. The highest BCUT2D eigenvalue weighted by atomic mass is 19.4. The van der Waals surface area contributed by atoms with Crippen molar-refractivity contribution in [2.75, 3.05) is 13.1 Å². The van der Waals surface area contributed by atoms with E-state index in [9.17, 15) is 18.0 Å². The molecule has 1 aliphatic heterocycles. The Kier molecular flexibility index (Phi) is 4.80. The SMILES string of the molecule is CCCC(=O)N1CCC(C(O)C(F)(F)F)CC1. The van der Waals surface area contributed by atoms with Crippen LogP contribution >= 0.6 is 0 Å². The maximum Gasteiger partial charge on any atom is 0.414 e. The van der Waals surface area contributed by atoms with Crippen molar-refractivity contribution in [1.29, 1.82) is 0 Å². The van der Waals surface area contributed by atoms with Gasteiger partial charge in [0.2, 0.25) is 5.91 Å². The van der Waals surface area contributed by atoms with Gasteiger partial charge in [0.1, 0.15) is 0 Å². The van der Waals surface area contributed by atoms with Crippen molar-refractivity contribution in [2.45, 2.75) is 44.9 Å². The maximum absolute atomic E-state index is 12.3. The smallest absolute Gasteiger partial charge is 0.383 e. The summed E-state index contributed by atoms with van der Waals surface area (Å²) in [6.07, 6.45) is -5.20. The van der Waals surface area contributed by atoms with Crippen LogP contribution in [0.3, 0.4) is 0 Å². The average Bonchev–Trinajstić information content (AvgIpc) is 2.27. The summed E-state index contributed by atoms with van der Waals surface area (Å²) in [5.74, 6) is -0.784. The van der Waals surface area contributed by atoms with E-state index in [1.165, 1.54) is 0 Å². The second-order valence-corrected chi connectivity index (χ2v) is 4.45. The molecule has 1 unspecified atom stereocenters. The minimum absolute atomic E-state index is 0.00699. The molecule has 100 valence electrons. The van der Waals surface area contributed by atoms with Crippen molar-refractivity contribution in [3.63, 3.8) is 0 Å². The first-order valence-electron chi connectivity index (χ1n) is 5.88. The number of amides is 1. The molecule has 3 nitrogen and oxygen atoms in total. The lowest BCUT2D eigenvalue weighted by Crippen LogP contribution is -2.45. The number of carbonyl (C=O) groups excluding carboxylic acids is 1. The lowest BCUT2D eigenvalue weighted by molar-refractivity contribution is -0.222. The largest absolute Gasteiger partial charge is 0.414 e. The van der Waals surface area contributed by atoms with Gasteiger partial charge in [0.05, 0.1) is 0 Å². The summed E-state index contributed by atoms with van der Waals surface area (Å²) in [5, 5.41) is 9.11. The molecule has 0 bridgehead atoms. The summed E-state index contributed by atoms with van der Waals surface area (Å²) in [6, 6.07) is 0. The summed E-state index contributed by atoms with van der Waals surface area (Å²) >= 11 is 0.